The van der Waals surface area contributed by atoms with E-state index in [4.69, 9.17) is 0 Å². The quantitative estimate of drug-likeness (QED) is 0.868. The van der Waals surface area contributed by atoms with Gasteiger partial charge in [-0.15, -0.1) is 0 Å². The molecule has 2 aliphatic heterocycles. The van der Waals surface area contributed by atoms with Gasteiger partial charge in [0.05, 0.1) is 18.2 Å². The highest BCUT2D eigenvalue weighted by atomic mass is 16.3. The smallest absolute Gasteiger partial charge is 0.254 e. The van der Waals surface area contributed by atoms with Crippen LogP contribution in [0.4, 0.5) is 0 Å². The topological polar surface area (TPSA) is 73.7 Å². The average Bonchev–Trinajstić information content (AvgIpc) is 2.68. The molecule has 2 aromatic rings. The third kappa shape index (κ3) is 3.04. The van der Waals surface area contributed by atoms with Crippen molar-refractivity contribution in [2.45, 2.75) is 31.3 Å². The van der Waals surface area contributed by atoms with Crippen molar-refractivity contribution in [3.63, 3.8) is 0 Å². The Kier molecular flexibility index (Phi) is 4.96. The van der Waals surface area contributed by atoms with E-state index in [1.807, 2.05) is 31.2 Å². The number of hydrogen-bond donors (Lipinski definition) is 1. The van der Waals surface area contributed by atoms with E-state index in [-0.39, 0.29) is 30.4 Å². The third-order valence-electron chi connectivity index (χ3n) is 6.10. The molecule has 150 valence electrons. The number of benzene rings is 1. The average molecular weight is 391 g/mol. The Bertz CT molecular complexity index is 934. The Morgan fingerprint density at radius 3 is 2.38 bits per heavy atom. The largest absolute Gasteiger partial charge is 0.394 e. The molecule has 1 aromatic carbocycles. The molecule has 1 N–H and O–H groups in total. The summed E-state index contributed by atoms with van der Waals surface area (Å²) in [5.41, 5.74) is 2.33. The van der Waals surface area contributed by atoms with Crippen molar-refractivity contribution in [1.82, 2.24) is 14.8 Å². The number of aliphatic hydroxyl groups excluding tert-OH is 1. The first-order chi connectivity index (χ1) is 14.0. The first-order valence-corrected chi connectivity index (χ1v) is 9.84. The highest BCUT2D eigenvalue weighted by molar-refractivity contribution is 5.95. The monoisotopic (exact) mass is 391 g/mol. The van der Waals surface area contributed by atoms with Crippen molar-refractivity contribution in [1.29, 1.82) is 0 Å². The number of aliphatic hydroxyl groups is 1. The molecular formula is C23H25N3O3. The molecule has 0 unspecified atom stereocenters. The van der Waals surface area contributed by atoms with E-state index < -0.39 is 5.54 Å². The predicted octanol–water partition coefficient (Wildman–Crippen LogP) is 2.32. The Morgan fingerprint density at radius 2 is 1.83 bits per heavy atom. The van der Waals surface area contributed by atoms with Crippen molar-refractivity contribution in [2.75, 3.05) is 19.7 Å². The summed E-state index contributed by atoms with van der Waals surface area (Å²) in [5.74, 6) is -0.129. The molecule has 2 fully saturated rings. The minimum absolute atomic E-state index is 0.00227. The first-order valence-electron chi connectivity index (χ1n) is 9.84. The van der Waals surface area contributed by atoms with Crippen LogP contribution in [0, 0.1) is 0 Å². The maximum absolute atomic E-state index is 12.8. The number of amides is 2. The molecule has 0 radical (unpaired) electrons. The van der Waals surface area contributed by atoms with Crippen molar-refractivity contribution in [2.24, 2.45) is 0 Å². The molecule has 4 rings (SSSR count). The second-order valence-corrected chi connectivity index (χ2v) is 7.78. The lowest BCUT2D eigenvalue weighted by molar-refractivity contribution is -0.191. The molecular weight excluding hydrogens is 366 g/mol. The van der Waals surface area contributed by atoms with Gasteiger partial charge in [0.1, 0.15) is 0 Å². The molecule has 0 aliphatic carbocycles. The van der Waals surface area contributed by atoms with Crippen LogP contribution in [0.1, 0.15) is 41.3 Å². The van der Waals surface area contributed by atoms with Crippen LogP contribution in [-0.4, -0.2) is 63.0 Å². The van der Waals surface area contributed by atoms with Crippen LogP contribution < -0.4 is 0 Å². The number of carbonyl (C=O) groups is 2. The van der Waals surface area contributed by atoms with E-state index in [1.165, 1.54) is 6.92 Å². The number of aromatic nitrogens is 1. The van der Waals surface area contributed by atoms with Gasteiger partial charge in [-0.3, -0.25) is 14.6 Å². The summed E-state index contributed by atoms with van der Waals surface area (Å²) >= 11 is 0. The number of nitrogens with zero attached hydrogens (tertiary/aromatic N) is 3. The van der Waals surface area contributed by atoms with Crippen LogP contribution in [0.15, 0.2) is 54.9 Å². The zero-order chi connectivity index (χ0) is 20.6. The lowest BCUT2D eigenvalue weighted by Gasteiger charge is -2.70. The zero-order valence-electron chi connectivity index (χ0n) is 16.7. The molecule has 6 nitrogen and oxygen atoms in total. The van der Waals surface area contributed by atoms with Gasteiger partial charge in [0.2, 0.25) is 5.91 Å². The van der Waals surface area contributed by atoms with Crippen LogP contribution >= 0.6 is 0 Å². The van der Waals surface area contributed by atoms with E-state index in [2.05, 4.69) is 17.1 Å². The predicted molar refractivity (Wildman–Crippen MR) is 110 cm³/mol. The highest BCUT2D eigenvalue weighted by Crippen LogP contribution is 2.54. The number of carbonyl (C=O) groups excluding carboxylic acids is 2. The summed E-state index contributed by atoms with van der Waals surface area (Å²) in [6.07, 6.45) is 7.22. The Labute approximate surface area is 170 Å². The summed E-state index contributed by atoms with van der Waals surface area (Å²) in [7, 11) is 0. The van der Waals surface area contributed by atoms with E-state index >= 15 is 0 Å². The fourth-order valence-electron chi connectivity index (χ4n) is 4.96. The molecule has 2 amide bonds. The summed E-state index contributed by atoms with van der Waals surface area (Å²) in [5, 5.41) is 9.99. The number of allylic oxidation sites excluding steroid dienone is 1. The summed E-state index contributed by atoms with van der Waals surface area (Å²) < 4.78 is 0. The van der Waals surface area contributed by atoms with E-state index in [9.17, 15) is 14.7 Å². The highest BCUT2D eigenvalue weighted by Gasteiger charge is 2.67. The Hall–Kier alpha value is -2.99. The molecule has 2 aliphatic rings. The van der Waals surface area contributed by atoms with Gasteiger partial charge in [-0.2, -0.15) is 0 Å². The van der Waals surface area contributed by atoms with Gasteiger partial charge in [-0.05, 0) is 30.2 Å². The number of hydrogen-bond acceptors (Lipinski definition) is 4. The molecule has 2 atom stereocenters. The minimum Gasteiger partial charge on any atom is -0.394 e. The fourth-order valence-corrected chi connectivity index (χ4v) is 4.96. The lowest BCUT2D eigenvalue weighted by atomic mass is 9.60. The zero-order valence-corrected chi connectivity index (χ0v) is 16.7. The number of likely N-dealkylation sites (tertiary alicyclic amines) is 2. The van der Waals surface area contributed by atoms with Crippen molar-refractivity contribution in [3.05, 3.63) is 71.6 Å². The molecule has 3 heterocycles. The SMILES string of the molecule is C/C=C/c1ccc([C@H]2[C@H](CO)N(C(C)=O)C23CN(C(=O)c2ccncc2)C3)cc1. The van der Waals surface area contributed by atoms with Gasteiger partial charge in [0, 0.05) is 43.9 Å². The molecule has 1 aromatic heterocycles. The van der Waals surface area contributed by atoms with Gasteiger partial charge in [-0.1, -0.05) is 36.4 Å². The van der Waals surface area contributed by atoms with Gasteiger partial charge < -0.3 is 14.9 Å². The lowest BCUT2D eigenvalue weighted by Crippen LogP contribution is -2.85. The van der Waals surface area contributed by atoms with Crippen LogP contribution in [0.2, 0.25) is 0 Å². The van der Waals surface area contributed by atoms with Crippen LogP contribution in [-0.2, 0) is 4.79 Å². The van der Waals surface area contributed by atoms with Crippen LogP contribution in [0.3, 0.4) is 0 Å². The summed E-state index contributed by atoms with van der Waals surface area (Å²) in [6, 6.07) is 11.4. The molecule has 29 heavy (non-hydrogen) atoms. The van der Waals surface area contributed by atoms with Gasteiger partial charge in [-0.25, -0.2) is 0 Å². The van der Waals surface area contributed by atoms with Crippen molar-refractivity contribution < 1.29 is 14.7 Å². The molecule has 6 heteroatoms. The normalized spacial score (nSPS) is 22.4. The summed E-state index contributed by atoms with van der Waals surface area (Å²) in [6.45, 7) is 4.34. The molecule has 0 saturated carbocycles. The Morgan fingerprint density at radius 1 is 1.17 bits per heavy atom. The Balaban J connectivity index is 1.61. The second-order valence-electron chi connectivity index (χ2n) is 7.78. The number of rotatable bonds is 4. The van der Waals surface area contributed by atoms with Gasteiger partial charge in [0.25, 0.3) is 5.91 Å². The van der Waals surface area contributed by atoms with E-state index in [1.54, 1.807) is 34.3 Å². The van der Waals surface area contributed by atoms with E-state index in [0.717, 1.165) is 11.1 Å². The molecule has 0 bridgehead atoms. The van der Waals surface area contributed by atoms with Crippen molar-refractivity contribution >= 4 is 17.9 Å². The van der Waals surface area contributed by atoms with Crippen molar-refractivity contribution in [3.8, 4) is 0 Å². The van der Waals surface area contributed by atoms with E-state index in [0.29, 0.717) is 18.7 Å². The molecule has 1 spiro atoms. The van der Waals surface area contributed by atoms with Crippen LogP contribution in [0.25, 0.3) is 6.08 Å². The van der Waals surface area contributed by atoms with Gasteiger partial charge >= 0.3 is 0 Å². The summed E-state index contributed by atoms with van der Waals surface area (Å²) in [4.78, 5) is 32.6. The first kappa shape index (κ1) is 19.3. The second kappa shape index (κ2) is 7.44. The van der Waals surface area contributed by atoms with Gasteiger partial charge in [0.15, 0.2) is 0 Å². The maximum atomic E-state index is 12.8. The molecule has 2 saturated heterocycles. The minimum atomic E-state index is -0.454. The number of pyridine rings is 1. The maximum Gasteiger partial charge on any atom is 0.254 e. The standard InChI is InChI=1S/C23H25N3O3/c1-3-4-17-5-7-18(8-6-17)21-20(13-27)26(16(2)28)23(21)14-25(15-23)22(29)19-9-11-24-12-10-19/h3-12,20-21,27H,13-15H2,1-2H3/b4-3+/t20-,21-/m0/s1. The van der Waals surface area contributed by atoms with Crippen LogP contribution in [0.5, 0.6) is 0 Å². The third-order valence-corrected chi connectivity index (χ3v) is 6.10. The fraction of sp³-hybridized carbons (Fsp3) is 0.348.